The van der Waals surface area contributed by atoms with E-state index in [0.29, 0.717) is 23.6 Å². The molecule has 158 valence electrons. The van der Waals surface area contributed by atoms with E-state index in [9.17, 15) is 13.2 Å². The summed E-state index contributed by atoms with van der Waals surface area (Å²) in [5.74, 6) is 1.21. The number of hydrogen-bond acceptors (Lipinski definition) is 5. The topological polar surface area (TPSA) is 84.9 Å². The van der Waals surface area contributed by atoms with Gasteiger partial charge in [0.15, 0.2) is 0 Å². The molecule has 0 aliphatic heterocycles. The first kappa shape index (κ1) is 22.5. The Kier molecular flexibility index (Phi) is 7.90. The molecule has 0 fully saturated rings. The Morgan fingerprint density at radius 1 is 1.07 bits per heavy atom. The largest absolute Gasteiger partial charge is 0.497 e. The molecule has 0 aliphatic carbocycles. The highest BCUT2D eigenvalue weighted by atomic mass is 32.2. The average molecular weight is 421 g/mol. The molecule has 29 heavy (non-hydrogen) atoms. The molecular weight excluding hydrogens is 392 g/mol. The average Bonchev–Trinajstić information content (AvgIpc) is 2.70. The number of nitrogens with one attached hydrogen (secondary N) is 1. The predicted octanol–water partition coefficient (Wildman–Crippen LogP) is 3.13. The van der Waals surface area contributed by atoms with Crippen LogP contribution in [0.1, 0.15) is 31.4 Å². The molecule has 0 heterocycles. The molecule has 0 aromatic heterocycles. The van der Waals surface area contributed by atoms with Crippen molar-refractivity contribution in [2.45, 2.75) is 25.8 Å². The fourth-order valence-corrected chi connectivity index (χ4v) is 4.00. The van der Waals surface area contributed by atoms with Crippen LogP contribution in [0.3, 0.4) is 0 Å². The van der Waals surface area contributed by atoms with Crippen LogP contribution in [0, 0.1) is 0 Å². The van der Waals surface area contributed by atoms with E-state index in [1.165, 1.54) is 4.31 Å². The summed E-state index contributed by atoms with van der Waals surface area (Å²) in [6, 6.07) is 14.1. The molecule has 2 aromatic rings. The van der Waals surface area contributed by atoms with Gasteiger partial charge in [-0.3, -0.25) is 9.10 Å². The van der Waals surface area contributed by atoms with Gasteiger partial charge < -0.3 is 14.8 Å². The van der Waals surface area contributed by atoms with Crippen LogP contribution in [0.4, 0.5) is 5.69 Å². The smallest absolute Gasteiger partial charge is 0.232 e. The SMILES string of the molecule is COc1ccc(N(CCCC(=O)N[C@@H](C)c2ccccc2OC)S(C)(=O)=O)cc1. The van der Waals surface area contributed by atoms with Crippen LogP contribution >= 0.6 is 0 Å². The highest BCUT2D eigenvalue weighted by Gasteiger charge is 2.18. The lowest BCUT2D eigenvalue weighted by Crippen LogP contribution is -2.32. The number of ether oxygens (including phenoxy) is 2. The molecule has 1 atom stereocenters. The Morgan fingerprint density at radius 2 is 1.72 bits per heavy atom. The summed E-state index contributed by atoms with van der Waals surface area (Å²) < 4.78 is 36.1. The van der Waals surface area contributed by atoms with Crippen molar-refractivity contribution >= 4 is 21.6 Å². The van der Waals surface area contributed by atoms with Gasteiger partial charge >= 0.3 is 0 Å². The monoisotopic (exact) mass is 420 g/mol. The maximum absolute atomic E-state index is 12.3. The second-order valence-corrected chi connectivity index (χ2v) is 8.57. The first-order valence-corrected chi connectivity index (χ1v) is 11.1. The Labute approximate surface area is 172 Å². The van der Waals surface area contributed by atoms with Crippen molar-refractivity contribution in [3.63, 3.8) is 0 Å². The Hall–Kier alpha value is -2.74. The summed E-state index contributed by atoms with van der Waals surface area (Å²) >= 11 is 0. The van der Waals surface area contributed by atoms with Crippen LogP contribution in [-0.2, 0) is 14.8 Å². The summed E-state index contributed by atoms with van der Waals surface area (Å²) in [7, 11) is -0.327. The summed E-state index contributed by atoms with van der Waals surface area (Å²) in [5, 5.41) is 2.93. The molecule has 0 saturated heterocycles. The number of methoxy groups -OCH3 is 2. The summed E-state index contributed by atoms with van der Waals surface area (Å²) in [6.07, 6.45) is 1.76. The van der Waals surface area contributed by atoms with E-state index in [1.54, 1.807) is 38.5 Å². The van der Waals surface area contributed by atoms with Crippen LogP contribution in [0.15, 0.2) is 48.5 Å². The maximum atomic E-state index is 12.3. The molecule has 0 unspecified atom stereocenters. The lowest BCUT2D eigenvalue weighted by Gasteiger charge is -2.23. The summed E-state index contributed by atoms with van der Waals surface area (Å²) in [5.41, 5.74) is 1.43. The molecule has 2 rings (SSSR count). The van der Waals surface area contributed by atoms with Gasteiger partial charge in [-0.25, -0.2) is 8.42 Å². The van der Waals surface area contributed by atoms with Crippen molar-refractivity contribution in [2.75, 3.05) is 31.3 Å². The standard InChI is InChI=1S/C21H28N2O5S/c1-16(19-8-5-6-9-20(19)28-3)22-21(24)10-7-15-23(29(4,25)26)17-11-13-18(27-2)14-12-17/h5-6,8-9,11-14,16H,7,10,15H2,1-4H3,(H,22,24)/t16-/m0/s1. The van der Waals surface area contributed by atoms with E-state index in [0.717, 1.165) is 11.8 Å². The van der Waals surface area contributed by atoms with E-state index in [4.69, 9.17) is 9.47 Å². The number of rotatable bonds is 10. The zero-order valence-corrected chi connectivity index (χ0v) is 18.0. The van der Waals surface area contributed by atoms with Gasteiger partial charge in [-0.05, 0) is 43.7 Å². The number of carbonyl (C=O) groups excluding carboxylic acids is 1. The van der Waals surface area contributed by atoms with Crippen LogP contribution in [-0.4, -0.2) is 41.3 Å². The van der Waals surface area contributed by atoms with Gasteiger partial charge in [0, 0.05) is 18.5 Å². The van der Waals surface area contributed by atoms with E-state index in [-0.39, 0.29) is 24.9 Å². The number of nitrogens with zero attached hydrogens (tertiary/aromatic N) is 1. The van der Waals surface area contributed by atoms with Crippen molar-refractivity contribution in [2.24, 2.45) is 0 Å². The van der Waals surface area contributed by atoms with Crippen molar-refractivity contribution in [3.05, 3.63) is 54.1 Å². The number of hydrogen-bond donors (Lipinski definition) is 1. The van der Waals surface area contributed by atoms with Gasteiger partial charge in [-0.2, -0.15) is 0 Å². The van der Waals surface area contributed by atoms with E-state index < -0.39 is 10.0 Å². The molecule has 0 aliphatic rings. The van der Waals surface area contributed by atoms with Gasteiger partial charge in [0.05, 0.1) is 32.2 Å². The third kappa shape index (κ3) is 6.39. The van der Waals surface area contributed by atoms with Gasteiger partial charge in [0.25, 0.3) is 0 Å². The number of amides is 1. The molecular formula is C21H28N2O5S. The summed E-state index contributed by atoms with van der Waals surface area (Å²) in [6.45, 7) is 2.09. The highest BCUT2D eigenvalue weighted by molar-refractivity contribution is 7.92. The molecule has 0 saturated carbocycles. The summed E-state index contributed by atoms with van der Waals surface area (Å²) in [4.78, 5) is 12.3. The fraction of sp³-hybridized carbons (Fsp3) is 0.381. The lowest BCUT2D eigenvalue weighted by molar-refractivity contribution is -0.121. The predicted molar refractivity (Wildman–Crippen MR) is 114 cm³/mol. The van der Waals surface area contributed by atoms with Crippen LogP contribution < -0.4 is 19.1 Å². The Morgan fingerprint density at radius 3 is 2.31 bits per heavy atom. The number of sulfonamides is 1. The molecule has 1 amide bonds. The zero-order chi connectivity index (χ0) is 21.4. The highest BCUT2D eigenvalue weighted by Crippen LogP contribution is 2.25. The second-order valence-electron chi connectivity index (χ2n) is 6.67. The number of anilines is 1. The third-order valence-electron chi connectivity index (χ3n) is 4.51. The number of para-hydroxylation sites is 1. The Bertz CT molecular complexity index is 913. The quantitative estimate of drug-likeness (QED) is 0.638. The normalized spacial score (nSPS) is 12.1. The minimum Gasteiger partial charge on any atom is -0.497 e. The van der Waals surface area contributed by atoms with Crippen LogP contribution in [0.5, 0.6) is 11.5 Å². The van der Waals surface area contributed by atoms with Crippen LogP contribution in [0.25, 0.3) is 0 Å². The number of benzene rings is 2. The molecule has 1 N–H and O–H groups in total. The molecule has 7 nitrogen and oxygen atoms in total. The second kappa shape index (κ2) is 10.2. The molecule has 0 radical (unpaired) electrons. The van der Waals surface area contributed by atoms with E-state index in [2.05, 4.69) is 5.32 Å². The zero-order valence-electron chi connectivity index (χ0n) is 17.2. The first-order valence-electron chi connectivity index (χ1n) is 9.30. The lowest BCUT2D eigenvalue weighted by atomic mass is 10.1. The van der Waals surface area contributed by atoms with Gasteiger partial charge in [-0.1, -0.05) is 18.2 Å². The fourth-order valence-electron chi connectivity index (χ4n) is 3.03. The number of carbonyl (C=O) groups is 1. The van der Waals surface area contributed by atoms with Gasteiger partial charge in [0.1, 0.15) is 11.5 Å². The van der Waals surface area contributed by atoms with E-state index >= 15 is 0 Å². The third-order valence-corrected chi connectivity index (χ3v) is 5.70. The molecule has 0 spiro atoms. The molecule has 8 heteroatoms. The Balaban J connectivity index is 1.95. The van der Waals surface area contributed by atoms with Crippen molar-refractivity contribution in [3.8, 4) is 11.5 Å². The van der Waals surface area contributed by atoms with Crippen molar-refractivity contribution < 1.29 is 22.7 Å². The molecule has 0 bridgehead atoms. The van der Waals surface area contributed by atoms with E-state index in [1.807, 2.05) is 31.2 Å². The molecule has 2 aromatic carbocycles. The minimum atomic E-state index is -3.47. The van der Waals surface area contributed by atoms with Gasteiger partial charge in [0.2, 0.25) is 15.9 Å². The minimum absolute atomic E-state index is 0.147. The maximum Gasteiger partial charge on any atom is 0.232 e. The van der Waals surface area contributed by atoms with Crippen LogP contribution in [0.2, 0.25) is 0 Å². The van der Waals surface area contributed by atoms with Crippen molar-refractivity contribution in [1.82, 2.24) is 5.32 Å². The van der Waals surface area contributed by atoms with Gasteiger partial charge in [-0.15, -0.1) is 0 Å². The van der Waals surface area contributed by atoms with Crippen molar-refractivity contribution in [1.29, 1.82) is 0 Å². The first-order chi connectivity index (χ1) is 13.8.